The monoisotopic (exact) mass is 461 g/mol. The SMILES string of the molecule is C=Cc1ccc(C(=O)Nc2cccc(C(F)(F)F)c2)cc1NCc1cnc(Cl)nc1NC. The van der Waals surface area contributed by atoms with Gasteiger partial charge in [-0.05, 0) is 47.5 Å². The highest BCUT2D eigenvalue weighted by Gasteiger charge is 2.30. The number of rotatable bonds is 7. The van der Waals surface area contributed by atoms with Crippen molar-refractivity contribution in [1.29, 1.82) is 0 Å². The number of aromatic nitrogens is 2. The molecule has 0 aliphatic carbocycles. The van der Waals surface area contributed by atoms with Gasteiger partial charge in [0.2, 0.25) is 5.28 Å². The van der Waals surface area contributed by atoms with Crippen LogP contribution in [0.4, 0.5) is 30.4 Å². The molecule has 0 spiro atoms. The maximum absolute atomic E-state index is 12.9. The molecular weight excluding hydrogens is 443 g/mol. The molecule has 0 unspecified atom stereocenters. The van der Waals surface area contributed by atoms with Crippen molar-refractivity contribution in [2.75, 3.05) is 23.0 Å². The van der Waals surface area contributed by atoms with Gasteiger partial charge < -0.3 is 16.0 Å². The molecule has 0 saturated carbocycles. The Morgan fingerprint density at radius 1 is 1.22 bits per heavy atom. The summed E-state index contributed by atoms with van der Waals surface area (Å²) in [5, 5.41) is 8.74. The number of nitrogens with one attached hydrogen (secondary N) is 3. The zero-order chi connectivity index (χ0) is 23.3. The molecule has 6 nitrogen and oxygen atoms in total. The van der Waals surface area contributed by atoms with E-state index in [1.165, 1.54) is 12.1 Å². The molecule has 0 aliphatic heterocycles. The van der Waals surface area contributed by atoms with E-state index in [4.69, 9.17) is 11.6 Å². The fourth-order valence-corrected chi connectivity index (χ4v) is 3.06. The maximum atomic E-state index is 12.9. The Kier molecular flexibility index (Phi) is 6.99. The maximum Gasteiger partial charge on any atom is 0.416 e. The fraction of sp³-hybridized carbons (Fsp3) is 0.136. The summed E-state index contributed by atoms with van der Waals surface area (Å²) in [6.45, 7) is 4.09. The minimum absolute atomic E-state index is 0.0455. The lowest BCUT2D eigenvalue weighted by molar-refractivity contribution is -0.137. The minimum Gasteiger partial charge on any atom is -0.380 e. The Hall–Kier alpha value is -3.59. The molecule has 3 aromatic rings. The van der Waals surface area contributed by atoms with Gasteiger partial charge in [-0.3, -0.25) is 4.79 Å². The summed E-state index contributed by atoms with van der Waals surface area (Å²) >= 11 is 5.81. The van der Waals surface area contributed by atoms with Crippen molar-refractivity contribution in [2.45, 2.75) is 12.7 Å². The second kappa shape index (κ2) is 9.69. The van der Waals surface area contributed by atoms with Crippen molar-refractivity contribution in [2.24, 2.45) is 0 Å². The fourth-order valence-electron chi connectivity index (χ4n) is 2.93. The van der Waals surface area contributed by atoms with Crippen LogP contribution < -0.4 is 16.0 Å². The van der Waals surface area contributed by atoms with Gasteiger partial charge in [0.05, 0.1) is 5.56 Å². The third-order valence-corrected chi connectivity index (χ3v) is 4.71. The third-order valence-electron chi connectivity index (χ3n) is 4.52. The van der Waals surface area contributed by atoms with Crippen LogP contribution in [0.3, 0.4) is 0 Å². The van der Waals surface area contributed by atoms with Crippen LogP contribution in [0, 0.1) is 0 Å². The first-order chi connectivity index (χ1) is 15.2. The van der Waals surface area contributed by atoms with E-state index in [0.717, 1.165) is 23.3 Å². The third kappa shape index (κ3) is 5.55. The van der Waals surface area contributed by atoms with Gasteiger partial charge in [0, 0.05) is 42.3 Å². The van der Waals surface area contributed by atoms with Gasteiger partial charge in [-0.25, -0.2) is 9.97 Å². The Balaban J connectivity index is 1.80. The molecule has 166 valence electrons. The molecule has 0 radical (unpaired) electrons. The van der Waals surface area contributed by atoms with Crippen LogP contribution in [-0.2, 0) is 12.7 Å². The van der Waals surface area contributed by atoms with Crippen LogP contribution in [0.5, 0.6) is 0 Å². The van der Waals surface area contributed by atoms with Crippen LogP contribution >= 0.6 is 11.6 Å². The molecule has 0 bridgehead atoms. The highest BCUT2D eigenvalue weighted by Crippen LogP contribution is 2.31. The lowest BCUT2D eigenvalue weighted by atomic mass is 10.1. The number of nitrogens with zero attached hydrogens (tertiary/aromatic N) is 2. The second-order valence-electron chi connectivity index (χ2n) is 6.66. The highest BCUT2D eigenvalue weighted by atomic mass is 35.5. The lowest BCUT2D eigenvalue weighted by Gasteiger charge is -2.14. The van der Waals surface area contributed by atoms with E-state index >= 15 is 0 Å². The number of benzene rings is 2. The number of halogens is 4. The Morgan fingerprint density at radius 3 is 2.69 bits per heavy atom. The molecule has 2 aromatic carbocycles. The van der Waals surface area contributed by atoms with Crippen LogP contribution in [0.1, 0.15) is 27.0 Å². The van der Waals surface area contributed by atoms with Gasteiger partial charge in [0.25, 0.3) is 5.91 Å². The summed E-state index contributed by atoms with van der Waals surface area (Å²) in [5.41, 5.74) is 1.55. The van der Waals surface area contributed by atoms with Gasteiger partial charge in [0.1, 0.15) is 5.82 Å². The van der Waals surface area contributed by atoms with Crippen LogP contribution in [0.2, 0.25) is 5.28 Å². The molecule has 1 heterocycles. The summed E-state index contributed by atoms with van der Waals surface area (Å²) < 4.78 is 38.7. The van der Waals surface area contributed by atoms with Gasteiger partial charge >= 0.3 is 6.18 Å². The lowest BCUT2D eigenvalue weighted by Crippen LogP contribution is -2.14. The summed E-state index contributed by atoms with van der Waals surface area (Å²) in [5.74, 6) is 0.00447. The molecular formula is C22H19ClF3N5O. The van der Waals surface area contributed by atoms with Gasteiger partial charge in [-0.1, -0.05) is 24.8 Å². The Labute approximate surface area is 187 Å². The molecule has 0 saturated heterocycles. The van der Waals surface area contributed by atoms with Crippen molar-refractivity contribution in [1.82, 2.24) is 9.97 Å². The van der Waals surface area contributed by atoms with Crippen LogP contribution in [0.25, 0.3) is 6.08 Å². The normalized spacial score (nSPS) is 11.0. The van der Waals surface area contributed by atoms with Crippen molar-refractivity contribution in [3.8, 4) is 0 Å². The largest absolute Gasteiger partial charge is 0.416 e. The zero-order valence-electron chi connectivity index (χ0n) is 16.9. The molecule has 1 amide bonds. The van der Waals surface area contributed by atoms with Gasteiger partial charge in [-0.2, -0.15) is 13.2 Å². The van der Waals surface area contributed by atoms with Crippen LogP contribution in [-0.4, -0.2) is 22.9 Å². The van der Waals surface area contributed by atoms with Crippen LogP contribution in [0.15, 0.2) is 55.2 Å². The van der Waals surface area contributed by atoms with Gasteiger partial charge in [-0.15, -0.1) is 0 Å². The summed E-state index contributed by atoms with van der Waals surface area (Å²) in [6, 6.07) is 9.30. The standard InChI is InChI=1S/C22H19ClF3N5O/c1-3-13-7-8-14(20(32)30-17-6-4-5-16(10-17)22(24,25)26)9-18(13)28-11-15-12-29-21(23)31-19(15)27-2/h3-10,12,28H,1,11H2,2H3,(H,30,32)(H,27,29,31). The van der Waals surface area contributed by atoms with Gasteiger partial charge in [0.15, 0.2) is 0 Å². The van der Waals surface area contributed by atoms with E-state index in [1.54, 1.807) is 37.5 Å². The number of hydrogen-bond acceptors (Lipinski definition) is 5. The van der Waals surface area contributed by atoms with E-state index in [1.807, 2.05) is 0 Å². The average molecular weight is 462 g/mol. The van der Waals surface area contributed by atoms with Crippen molar-refractivity contribution >= 4 is 40.8 Å². The smallest absolute Gasteiger partial charge is 0.380 e. The first kappa shape index (κ1) is 23.1. The second-order valence-corrected chi connectivity index (χ2v) is 6.99. The molecule has 0 aliphatic rings. The predicted molar refractivity (Wildman–Crippen MR) is 120 cm³/mol. The number of amides is 1. The van der Waals surface area contributed by atoms with Crippen molar-refractivity contribution < 1.29 is 18.0 Å². The molecule has 32 heavy (non-hydrogen) atoms. The number of carbonyl (C=O) groups excluding carboxylic acids is 1. The molecule has 1 aromatic heterocycles. The molecule has 0 atom stereocenters. The van der Waals surface area contributed by atoms with Crippen molar-refractivity contribution in [3.05, 3.63) is 82.8 Å². The first-order valence-electron chi connectivity index (χ1n) is 9.39. The summed E-state index contributed by atoms with van der Waals surface area (Å²) in [7, 11) is 1.70. The molecule has 10 heteroatoms. The van der Waals surface area contributed by atoms with E-state index < -0.39 is 17.6 Å². The number of alkyl halides is 3. The van der Waals surface area contributed by atoms with Crippen molar-refractivity contribution in [3.63, 3.8) is 0 Å². The van der Waals surface area contributed by atoms with E-state index in [9.17, 15) is 18.0 Å². The van der Waals surface area contributed by atoms with E-state index in [0.29, 0.717) is 18.1 Å². The molecule has 3 N–H and O–H groups in total. The topological polar surface area (TPSA) is 78.9 Å². The average Bonchev–Trinajstić information content (AvgIpc) is 2.77. The number of hydrogen-bond donors (Lipinski definition) is 3. The van der Waals surface area contributed by atoms with E-state index in [-0.39, 0.29) is 16.5 Å². The predicted octanol–water partition coefficient (Wildman–Crippen LogP) is 5.70. The Morgan fingerprint density at radius 2 is 2.00 bits per heavy atom. The quantitative estimate of drug-likeness (QED) is 0.393. The Bertz CT molecular complexity index is 1150. The zero-order valence-corrected chi connectivity index (χ0v) is 17.7. The number of carbonyl (C=O) groups is 1. The number of anilines is 3. The molecule has 0 fully saturated rings. The summed E-state index contributed by atoms with van der Waals surface area (Å²) in [4.78, 5) is 20.7. The highest BCUT2D eigenvalue weighted by molar-refractivity contribution is 6.28. The first-order valence-corrected chi connectivity index (χ1v) is 9.77. The molecule has 3 rings (SSSR count). The van der Waals surface area contributed by atoms with E-state index in [2.05, 4.69) is 32.5 Å². The summed E-state index contributed by atoms with van der Waals surface area (Å²) in [6.07, 6.45) is -1.30. The minimum atomic E-state index is -4.50.